The Morgan fingerprint density at radius 2 is 2.07 bits per heavy atom. The van der Waals surface area contributed by atoms with Crippen LogP contribution in [0.4, 0.5) is 13.2 Å². The molecule has 0 aliphatic heterocycles. The molecule has 0 amide bonds. The third-order valence-electron chi connectivity index (χ3n) is 4.51. The van der Waals surface area contributed by atoms with E-state index in [1.165, 1.54) is 4.73 Å². The number of nitrogens with zero attached hydrogens (tertiary/aromatic N) is 4. The molecule has 5 nitrogen and oxygen atoms in total. The van der Waals surface area contributed by atoms with E-state index in [2.05, 4.69) is 23.9 Å². The van der Waals surface area contributed by atoms with Crippen molar-refractivity contribution in [2.24, 2.45) is 0 Å². The van der Waals surface area contributed by atoms with Crippen molar-refractivity contribution < 1.29 is 18.0 Å². The van der Waals surface area contributed by atoms with E-state index in [0.717, 1.165) is 29.4 Å². The fraction of sp³-hybridized carbons (Fsp3) is 0.474. The van der Waals surface area contributed by atoms with Crippen LogP contribution in [-0.4, -0.2) is 32.3 Å². The summed E-state index contributed by atoms with van der Waals surface area (Å²) in [6, 6.07) is 4.06. The average Bonchev–Trinajstić information content (AvgIpc) is 3.19. The summed E-state index contributed by atoms with van der Waals surface area (Å²) in [4.78, 5) is 9.65. The Bertz CT molecular complexity index is 913. The highest BCUT2D eigenvalue weighted by Crippen LogP contribution is 2.30. The third kappa shape index (κ3) is 4.26. The molecule has 3 rings (SSSR count). The van der Waals surface area contributed by atoms with E-state index >= 15 is 0 Å². The molecule has 3 aromatic rings. The Balaban J connectivity index is 1.91. The van der Waals surface area contributed by atoms with Gasteiger partial charge in [0.05, 0.1) is 18.3 Å². The van der Waals surface area contributed by atoms with Gasteiger partial charge >= 0.3 is 6.18 Å². The van der Waals surface area contributed by atoms with Crippen molar-refractivity contribution in [2.75, 3.05) is 6.61 Å². The number of hydrogen-bond donors (Lipinski definition) is 0. The van der Waals surface area contributed by atoms with Crippen molar-refractivity contribution in [3.63, 3.8) is 0 Å². The Morgan fingerprint density at radius 3 is 2.78 bits per heavy atom. The highest BCUT2D eigenvalue weighted by atomic mass is 19.4. The zero-order chi connectivity index (χ0) is 19.6. The average molecular weight is 380 g/mol. The minimum absolute atomic E-state index is 0.304. The van der Waals surface area contributed by atoms with Crippen LogP contribution in [-0.2, 0) is 0 Å². The molecule has 0 bridgehead atoms. The van der Waals surface area contributed by atoms with E-state index in [0.29, 0.717) is 17.4 Å². The van der Waals surface area contributed by atoms with Crippen molar-refractivity contribution in [1.82, 2.24) is 19.5 Å². The second-order valence-corrected chi connectivity index (χ2v) is 6.72. The molecule has 0 aliphatic carbocycles. The maximum absolute atomic E-state index is 12.4. The van der Waals surface area contributed by atoms with Crippen LogP contribution in [0.5, 0.6) is 0 Å². The Kier molecular flexibility index (Phi) is 5.43. The summed E-state index contributed by atoms with van der Waals surface area (Å²) in [5, 5.41) is 5.28. The molecule has 0 saturated carbocycles. The maximum Gasteiger partial charge on any atom is 0.392 e. The zero-order valence-corrected chi connectivity index (χ0v) is 15.6. The number of fused-ring (bicyclic) bond motifs is 1. The SMILES string of the molecule is CCCC(C)n1cc(-c2ccnc3c2cc(C)n3OCCC(F)(F)F)cn1. The first kappa shape index (κ1) is 19.3. The molecule has 0 saturated heterocycles. The molecular weight excluding hydrogens is 357 g/mol. The van der Waals surface area contributed by atoms with Gasteiger partial charge in [-0.2, -0.15) is 23.0 Å². The maximum atomic E-state index is 12.4. The van der Waals surface area contributed by atoms with Crippen LogP contribution >= 0.6 is 0 Å². The first-order chi connectivity index (χ1) is 12.8. The number of rotatable bonds is 7. The van der Waals surface area contributed by atoms with Gasteiger partial charge in [0, 0.05) is 29.4 Å². The van der Waals surface area contributed by atoms with E-state index in [1.807, 2.05) is 23.0 Å². The van der Waals surface area contributed by atoms with Gasteiger partial charge in [-0.05, 0) is 38.0 Å². The van der Waals surface area contributed by atoms with Crippen LogP contribution in [0.15, 0.2) is 30.7 Å². The molecule has 3 heterocycles. The van der Waals surface area contributed by atoms with Crippen molar-refractivity contribution in [3.05, 3.63) is 36.4 Å². The second-order valence-electron chi connectivity index (χ2n) is 6.72. The van der Waals surface area contributed by atoms with Gasteiger partial charge in [-0.1, -0.05) is 13.3 Å². The fourth-order valence-corrected chi connectivity index (χ4v) is 3.14. The van der Waals surface area contributed by atoms with Gasteiger partial charge in [0.2, 0.25) is 0 Å². The Hall–Kier alpha value is -2.51. The van der Waals surface area contributed by atoms with Crippen LogP contribution in [0.2, 0.25) is 0 Å². The Morgan fingerprint density at radius 1 is 1.30 bits per heavy atom. The van der Waals surface area contributed by atoms with Gasteiger partial charge in [-0.25, -0.2) is 4.98 Å². The van der Waals surface area contributed by atoms with Crippen molar-refractivity contribution in [1.29, 1.82) is 0 Å². The molecule has 1 unspecified atom stereocenters. The molecule has 0 spiro atoms. The van der Waals surface area contributed by atoms with Crippen LogP contribution in [0.3, 0.4) is 0 Å². The summed E-state index contributed by atoms with van der Waals surface area (Å²) in [6.07, 6.45) is 2.29. The Labute approximate surface area is 155 Å². The monoisotopic (exact) mass is 380 g/mol. The van der Waals surface area contributed by atoms with E-state index in [1.54, 1.807) is 19.3 Å². The van der Waals surface area contributed by atoms with Crippen LogP contribution in [0, 0.1) is 6.92 Å². The lowest BCUT2D eigenvalue weighted by Crippen LogP contribution is -2.20. The lowest BCUT2D eigenvalue weighted by molar-refractivity contribution is -0.145. The molecule has 0 fully saturated rings. The van der Waals surface area contributed by atoms with E-state index < -0.39 is 19.2 Å². The summed E-state index contributed by atoms with van der Waals surface area (Å²) in [7, 11) is 0. The number of alkyl halides is 3. The summed E-state index contributed by atoms with van der Waals surface area (Å²) in [5.41, 5.74) is 3.06. The standard InChI is InChI=1S/C19H23F3N4O/c1-4-5-13(2)25-12-15(11-24-25)16-6-8-23-18-17(16)10-14(3)26(18)27-9-7-19(20,21)22/h6,8,10-13H,4-5,7,9H2,1-3H3. The topological polar surface area (TPSA) is 44.9 Å². The number of aromatic nitrogens is 4. The second kappa shape index (κ2) is 7.62. The van der Waals surface area contributed by atoms with Crippen molar-refractivity contribution in [3.8, 4) is 11.1 Å². The van der Waals surface area contributed by atoms with E-state index in [9.17, 15) is 13.2 Å². The van der Waals surface area contributed by atoms with E-state index in [4.69, 9.17) is 4.84 Å². The number of pyridine rings is 1. The van der Waals surface area contributed by atoms with Crippen molar-refractivity contribution >= 4 is 11.0 Å². The molecular formula is C19H23F3N4O. The molecule has 8 heteroatoms. The van der Waals surface area contributed by atoms with Crippen LogP contribution < -0.4 is 4.84 Å². The number of aryl methyl sites for hydroxylation is 1. The predicted molar refractivity (Wildman–Crippen MR) is 97.4 cm³/mol. The van der Waals surface area contributed by atoms with Gasteiger partial charge in [-0.15, -0.1) is 0 Å². The molecule has 146 valence electrons. The van der Waals surface area contributed by atoms with Crippen LogP contribution in [0.25, 0.3) is 22.2 Å². The van der Waals surface area contributed by atoms with Gasteiger partial charge in [0.15, 0.2) is 5.65 Å². The van der Waals surface area contributed by atoms with E-state index in [-0.39, 0.29) is 0 Å². The largest absolute Gasteiger partial charge is 0.412 e. The smallest absolute Gasteiger partial charge is 0.392 e. The highest BCUT2D eigenvalue weighted by Gasteiger charge is 2.27. The van der Waals surface area contributed by atoms with Gasteiger partial charge in [0.1, 0.15) is 6.61 Å². The summed E-state index contributed by atoms with van der Waals surface area (Å²) in [6.45, 7) is 5.59. The summed E-state index contributed by atoms with van der Waals surface area (Å²) < 4.78 is 40.5. The normalized spacial score (nSPS) is 13.3. The summed E-state index contributed by atoms with van der Waals surface area (Å²) >= 11 is 0. The number of hydrogen-bond acceptors (Lipinski definition) is 3. The lowest BCUT2D eigenvalue weighted by atomic mass is 10.1. The van der Waals surface area contributed by atoms with Gasteiger partial charge < -0.3 is 4.84 Å². The summed E-state index contributed by atoms with van der Waals surface area (Å²) in [5.74, 6) is 0. The van der Waals surface area contributed by atoms with Crippen molar-refractivity contribution in [2.45, 2.75) is 52.3 Å². The van der Waals surface area contributed by atoms with Gasteiger partial charge in [0.25, 0.3) is 0 Å². The first-order valence-electron chi connectivity index (χ1n) is 9.01. The van der Waals surface area contributed by atoms with Crippen LogP contribution in [0.1, 0.15) is 44.8 Å². The molecule has 1 atom stereocenters. The molecule has 0 aliphatic rings. The first-order valence-corrected chi connectivity index (χ1v) is 9.01. The fourth-order valence-electron chi connectivity index (χ4n) is 3.14. The molecule has 0 radical (unpaired) electrons. The molecule has 3 aromatic heterocycles. The minimum atomic E-state index is -4.25. The molecule has 27 heavy (non-hydrogen) atoms. The molecule has 0 N–H and O–H groups in total. The minimum Gasteiger partial charge on any atom is -0.412 e. The third-order valence-corrected chi connectivity index (χ3v) is 4.51. The van der Waals surface area contributed by atoms with Gasteiger partial charge in [-0.3, -0.25) is 4.68 Å². The molecule has 0 aromatic carbocycles. The lowest BCUT2D eigenvalue weighted by Gasteiger charge is -2.11. The number of halogens is 3. The quantitative estimate of drug-likeness (QED) is 0.583. The predicted octanol–water partition coefficient (Wildman–Crippen LogP) is 4.95. The highest BCUT2D eigenvalue weighted by molar-refractivity contribution is 5.93. The zero-order valence-electron chi connectivity index (χ0n) is 15.6.